The quantitative estimate of drug-likeness (QED) is 0.343. The first-order valence-corrected chi connectivity index (χ1v) is 5.93. The molecule has 0 fully saturated rings. The molecule has 0 saturated carbocycles. The fraction of sp³-hybridized carbons (Fsp3) is 0.385. The highest BCUT2D eigenvalue weighted by Crippen LogP contribution is 2.24. The zero-order valence-electron chi connectivity index (χ0n) is 11.4. The van der Waals surface area contributed by atoms with Crippen LogP contribution in [0.3, 0.4) is 0 Å². The number of hydrogen-bond acceptors (Lipinski definition) is 6. The molecule has 0 saturated heterocycles. The molecule has 0 atom stereocenters. The third-order valence-corrected chi connectivity index (χ3v) is 2.27. The molecule has 0 aliphatic heterocycles. The van der Waals surface area contributed by atoms with Crippen LogP contribution >= 0.6 is 0 Å². The molecule has 0 heterocycles. The van der Waals surface area contributed by atoms with Gasteiger partial charge in [-0.25, -0.2) is 4.79 Å². The van der Waals surface area contributed by atoms with Gasteiger partial charge in [0.05, 0.1) is 16.6 Å². The molecule has 7 heteroatoms. The van der Waals surface area contributed by atoms with Crippen molar-refractivity contribution in [1.29, 1.82) is 0 Å². The van der Waals surface area contributed by atoms with Gasteiger partial charge in [0.1, 0.15) is 5.75 Å². The Morgan fingerprint density at radius 2 is 2.00 bits per heavy atom. The number of nitrogens with zero attached hydrogens (tertiary/aromatic N) is 1. The lowest BCUT2D eigenvalue weighted by Crippen LogP contribution is -2.19. The predicted octanol–water partition coefficient (Wildman–Crippen LogP) is 2.13. The number of carbonyl (C=O) groups excluding carboxylic acids is 2. The minimum atomic E-state index is -0.608. The summed E-state index contributed by atoms with van der Waals surface area (Å²) in [6.07, 6.45) is -0.268. The highest BCUT2D eigenvalue weighted by atomic mass is 16.6. The highest BCUT2D eigenvalue weighted by molar-refractivity contribution is 5.97. The molecule has 0 amide bonds. The molecule has 0 bridgehead atoms. The molecule has 20 heavy (non-hydrogen) atoms. The SMILES string of the molecule is CC(=O)c1cc([N+](=O)[O-])ccc1OCC(=O)OC(C)C. The number of Topliss-reactive ketones (excluding diaryl/α,β-unsaturated/α-hetero) is 1. The topological polar surface area (TPSA) is 95.7 Å². The van der Waals surface area contributed by atoms with Gasteiger partial charge in [-0.15, -0.1) is 0 Å². The van der Waals surface area contributed by atoms with Gasteiger partial charge in [0.15, 0.2) is 12.4 Å². The predicted molar refractivity (Wildman–Crippen MR) is 69.8 cm³/mol. The Hall–Kier alpha value is -2.44. The lowest BCUT2D eigenvalue weighted by atomic mass is 10.1. The summed E-state index contributed by atoms with van der Waals surface area (Å²) in [4.78, 5) is 32.8. The van der Waals surface area contributed by atoms with Crippen LogP contribution in [0, 0.1) is 10.1 Å². The van der Waals surface area contributed by atoms with Crippen LogP contribution in [0.1, 0.15) is 31.1 Å². The summed E-state index contributed by atoms with van der Waals surface area (Å²) in [5, 5.41) is 10.7. The number of benzene rings is 1. The number of nitro groups is 1. The summed E-state index contributed by atoms with van der Waals surface area (Å²) < 4.78 is 10.1. The van der Waals surface area contributed by atoms with Gasteiger partial charge in [0.25, 0.3) is 5.69 Å². The Balaban J connectivity index is 2.87. The van der Waals surface area contributed by atoms with E-state index in [4.69, 9.17) is 9.47 Å². The van der Waals surface area contributed by atoms with Gasteiger partial charge in [-0.2, -0.15) is 0 Å². The minimum absolute atomic E-state index is 0.0524. The maximum Gasteiger partial charge on any atom is 0.344 e. The van der Waals surface area contributed by atoms with Crippen LogP contribution in [-0.2, 0) is 9.53 Å². The van der Waals surface area contributed by atoms with Gasteiger partial charge in [-0.1, -0.05) is 0 Å². The van der Waals surface area contributed by atoms with Crippen LogP contribution in [0.4, 0.5) is 5.69 Å². The first-order valence-electron chi connectivity index (χ1n) is 5.93. The van der Waals surface area contributed by atoms with Crippen LogP contribution in [0.25, 0.3) is 0 Å². The second-order valence-electron chi connectivity index (χ2n) is 4.32. The van der Waals surface area contributed by atoms with Crippen molar-refractivity contribution in [3.05, 3.63) is 33.9 Å². The second-order valence-corrected chi connectivity index (χ2v) is 4.32. The van der Waals surface area contributed by atoms with E-state index in [9.17, 15) is 19.7 Å². The number of rotatable bonds is 6. The van der Waals surface area contributed by atoms with Crippen molar-refractivity contribution < 1.29 is 24.0 Å². The monoisotopic (exact) mass is 281 g/mol. The Bertz CT molecular complexity index is 538. The van der Waals surface area contributed by atoms with E-state index in [0.29, 0.717) is 0 Å². The van der Waals surface area contributed by atoms with E-state index in [1.165, 1.54) is 19.1 Å². The third-order valence-electron chi connectivity index (χ3n) is 2.27. The molecule has 0 aromatic heterocycles. The van der Waals surface area contributed by atoms with E-state index < -0.39 is 10.9 Å². The zero-order valence-corrected chi connectivity index (χ0v) is 11.4. The Morgan fingerprint density at radius 3 is 2.50 bits per heavy atom. The molecule has 1 aromatic rings. The maximum atomic E-state index is 11.4. The molecule has 1 rings (SSSR count). The molecule has 0 N–H and O–H groups in total. The van der Waals surface area contributed by atoms with Gasteiger partial charge >= 0.3 is 5.97 Å². The van der Waals surface area contributed by atoms with E-state index >= 15 is 0 Å². The smallest absolute Gasteiger partial charge is 0.344 e. The van der Waals surface area contributed by atoms with Gasteiger partial charge in [0, 0.05) is 12.1 Å². The molecular weight excluding hydrogens is 266 g/mol. The van der Waals surface area contributed by atoms with Crippen molar-refractivity contribution in [2.75, 3.05) is 6.61 Å². The fourth-order valence-electron chi connectivity index (χ4n) is 1.47. The average molecular weight is 281 g/mol. The van der Waals surface area contributed by atoms with Crippen LogP contribution in [0.2, 0.25) is 0 Å². The molecule has 0 spiro atoms. The first-order chi connectivity index (χ1) is 9.31. The van der Waals surface area contributed by atoms with Crippen LogP contribution in [-0.4, -0.2) is 29.4 Å². The van der Waals surface area contributed by atoms with Gasteiger partial charge < -0.3 is 9.47 Å². The van der Waals surface area contributed by atoms with E-state index in [0.717, 1.165) is 6.07 Å². The lowest BCUT2D eigenvalue weighted by molar-refractivity contribution is -0.384. The zero-order chi connectivity index (χ0) is 15.3. The van der Waals surface area contributed by atoms with Crippen molar-refractivity contribution in [3.63, 3.8) is 0 Å². The minimum Gasteiger partial charge on any atom is -0.481 e. The Labute approximate surface area is 115 Å². The normalized spacial score (nSPS) is 10.2. The summed E-state index contributed by atoms with van der Waals surface area (Å²) in [6, 6.07) is 3.61. The number of ether oxygens (including phenoxy) is 2. The van der Waals surface area contributed by atoms with Crippen LogP contribution < -0.4 is 4.74 Å². The van der Waals surface area contributed by atoms with Gasteiger partial charge in [0.2, 0.25) is 0 Å². The molecule has 0 aliphatic rings. The molecule has 0 unspecified atom stereocenters. The standard InChI is InChI=1S/C13H15NO6/c1-8(2)20-13(16)7-19-12-5-4-10(14(17)18)6-11(12)9(3)15/h4-6,8H,7H2,1-3H3. The number of ketones is 1. The maximum absolute atomic E-state index is 11.4. The summed E-state index contributed by atoms with van der Waals surface area (Å²) in [6.45, 7) is 4.30. The van der Waals surface area contributed by atoms with E-state index in [1.807, 2.05) is 0 Å². The second kappa shape index (κ2) is 6.65. The first kappa shape index (κ1) is 15.6. The average Bonchev–Trinajstić information content (AvgIpc) is 2.35. The molecular formula is C13H15NO6. The summed E-state index contributed by atoms with van der Waals surface area (Å²) in [7, 11) is 0. The van der Waals surface area contributed by atoms with Crippen molar-refractivity contribution in [2.45, 2.75) is 26.9 Å². The van der Waals surface area contributed by atoms with Gasteiger partial charge in [-0.3, -0.25) is 14.9 Å². The number of esters is 1. The van der Waals surface area contributed by atoms with Crippen molar-refractivity contribution in [1.82, 2.24) is 0 Å². The highest BCUT2D eigenvalue weighted by Gasteiger charge is 2.16. The number of carbonyl (C=O) groups is 2. The van der Waals surface area contributed by atoms with E-state index in [1.54, 1.807) is 13.8 Å². The summed E-state index contributed by atoms with van der Waals surface area (Å²) in [5.41, 5.74) is -0.163. The molecule has 0 aliphatic carbocycles. The fourth-order valence-corrected chi connectivity index (χ4v) is 1.47. The largest absolute Gasteiger partial charge is 0.481 e. The lowest BCUT2D eigenvalue weighted by Gasteiger charge is -2.11. The third kappa shape index (κ3) is 4.34. The molecule has 0 radical (unpaired) electrons. The molecule has 108 valence electrons. The Morgan fingerprint density at radius 1 is 1.35 bits per heavy atom. The summed E-state index contributed by atoms with van der Waals surface area (Å²) in [5.74, 6) is -0.849. The number of hydrogen-bond donors (Lipinski definition) is 0. The molecule has 1 aromatic carbocycles. The molecule has 7 nitrogen and oxygen atoms in total. The van der Waals surface area contributed by atoms with E-state index in [-0.39, 0.29) is 35.5 Å². The van der Waals surface area contributed by atoms with Crippen LogP contribution in [0.5, 0.6) is 5.75 Å². The Kier molecular flexibility index (Phi) is 5.19. The van der Waals surface area contributed by atoms with Crippen molar-refractivity contribution >= 4 is 17.4 Å². The number of nitro benzene ring substituents is 1. The summed E-state index contributed by atoms with van der Waals surface area (Å²) >= 11 is 0. The van der Waals surface area contributed by atoms with E-state index in [2.05, 4.69) is 0 Å². The van der Waals surface area contributed by atoms with Crippen LogP contribution in [0.15, 0.2) is 18.2 Å². The van der Waals surface area contributed by atoms with Crippen molar-refractivity contribution in [2.24, 2.45) is 0 Å². The van der Waals surface area contributed by atoms with Gasteiger partial charge in [-0.05, 0) is 26.8 Å². The van der Waals surface area contributed by atoms with Crippen molar-refractivity contribution in [3.8, 4) is 5.75 Å². The number of non-ortho nitro benzene ring substituents is 1.